The van der Waals surface area contributed by atoms with Crippen molar-refractivity contribution in [2.24, 2.45) is 0 Å². The molecule has 23 heavy (non-hydrogen) atoms. The molecule has 0 aliphatic rings. The quantitative estimate of drug-likeness (QED) is 0.718. The third-order valence-electron chi connectivity index (χ3n) is 3.38. The number of benzene rings is 1. The maximum Gasteiger partial charge on any atom is 0.315 e. The van der Waals surface area contributed by atoms with E-state index < -0.39 is 6.10 Å². The second kappa shape index (κ2) is 8.19. The van der Waals surface area contributed by atoms with E-state index in [1.54, 1.807) is 31.8 Å². The SMILES string of the molecule is COc1ccccc1C(O)CNC(=O)NC(C)Cn1ccnc1. The van der Waals surface area contributed by atoms with Crippen LogP contribution < -0.4 is 15.4 Å². The molecule has 1 aromatic heterocycles. The van der Waals surface area contributed by atoms with Crippen molar-refractivity contribution in [2.45, 2.75) is 25.6 Å². The van der Waals surface area contributed by atoms with Crippen molar-refractivity contribution in [3.05, 3.63) is 48.5 Å². The number of carbonyl (C=O) groups excluding carboxylic acids is 1. The Balaban J connectivity index is 1.79. The summed E-state index contributed by atoms with van der Waals surface area (Å²) < 4.78 is 7.08. The minimum atomic E-state index is -0.833. The van der Waals surface area contributed by atoms with Crippen molar-refractivity contribution in [3.63, 3.8) is 0 Å². The summed E-state index contributed by atoms with van der Waals surface area (Å²) in [5.74, 6) is 0.593. The van der Waals surface area contributed by atoms with E-state index in [9.17, 15) is 9.90 Å². The van der Waals surface area contributed by atoms with Gasteiger partial charge in [-0.1, -0.05) is 18.2 Å². The van der Waals surface area contributed by atoms with Gasteiger partial charge >= 0.3 is 6.03 Å². The normalized spacial score (nSPS) is 13.2. The molecule has 124 valence electrons. The fourth-order valence-corrected chi connectivity index (χ4v) is 2.27. The van der Waals surface area contributed by atoms with Crippen LogP contribution in [0.25, 0.3) is 0 Å². The van der Waals surface area contributed by atoms with Gasteiger partial charge in [0.25, 0.3) is 0 Å². The van der Waals surface area contributed by atoms with Crippen molar-refractivity contribution in [2.75, 3.05) is 13.7 Å². The molecule has 0 bridgehead atoms. The van der Waals surface area contributed by atoms with E-state index in [2.05, 4.69) is 15.6 Å². The predicted octanol–water partition coefficient (Wildman–Crippen LogP) is 1.31. The first-order chi connectivity index (χ1) is 11.1. The first kappa shape index (κ1) is 16.8. The van der Waals surface area contributed by atoms with Crippen LogP contribution in [0, 0.1) is 0 Å². The van der Waals surface area contributed by atoms with Gasteiger partial charge in [0.2, 0.25) is 0 Å². The predicted molar refractivity (Wildman–Crippen MR) is 86.2 cm³/mol. The zero-order valence-corrected chi connectivity index (χ0v) is 13.3. The fraction of sp³-hybridized carbons (Fsp3) is 0.375. The van der Waals surface area contributed by atoms with Gasteiger partial charge in [-0.05, 0) is 13.0 Å². The molecule has 0 saturated heterocycles. The number of rotatable bonds is 7. The number of nitrogens with one attached hydrogen (secondary N) is 2. The van der Waals surface area contributed by atoms with Crippen LogP contribution in [0.3, 0.4) is 0 Å². The first-order valence-corrected chi connectivity index (χ1v) is 7.41. The van der Waals surface area contributed by atoms with Crippen LogP contribution in [0.2, 0.25) is 0 Å². The third-order valence-corrected chi connectivity index (χ3v) is 3.38. The lowest BCUT2D eigenvalue weighted by atomic mass is 10.1. The lowest BCUT2D eigenvalue weighted by Gasteiger charge is -2.18. The van der Waals surface area contributed by atoms with Crippen LogP contribution in [0.5, 0.6) is 5.75 Å². The second-order valence-corrected chi connectivity index (χ2v) is 5.27. The van der Waals surface area contributed by atoms with Gasteiger partial charge in [0.15, 0.2) is 0 Å². The molecule has 2 atom stereocenters. The summed E-state index contributed by atoms with van der Waals surface area (Å²) in [6, 6.07) is 6.79. The summed E-state index contributed by atoms with van der Waals surface area (Å²) >= 11 is 0. The van der Waals surface area contributed by atoms with Crippen LogP contribution in [0.15, 0.2) is 43.0 Å². The molecule has 1 aromatic carbocycles. The van der Waals surface area contributed by atoms with Gasteiger partial charge in [-0.2, -0.15) is 0 Å². The Morgan fingerprint density at radius 2 is 2.22 bits per heavy atom. The Kier molecular flexibility index (Phi) is 5.99. The first-order valence-electron chi connectivity index (χ1n) is 7.41. The molecule has 2 rings (SSSR count). The van der Waals surface area contributed by atoms with Gasteiger partial charge in [-0.25, -0.2) is 9.78 Å². The number of aliphatic hydroxyl groups excluding tert-OH is 1. The molecule has 0 radical (unpaired) electrons. The van der Waals surface area contributed by atoms with Gasteiger partial charge in [-0.15, -0.1) is 0 Å². The van der Waals surface area contributed by atoms with Crippen LogP contribution >= 0.6 is 0 Å². The summed E-state index contributed by atoms with van der Waals surface area (Å²) in [4.78, 5) is 15.8. The molecule has 0 aliphatic heterocycles. The maximum atomic E-state index is 11.9. The minimum absolute atomic E-state index is 0.0624. The van der Waals surface area contributed by atoms with E-state index in [0.29, 0.717) is 17.9 Å². The standard InChI is InChI=1S/C16H22N4O3/c1-12(10-20-8-7-17-11-20)19-16(22)18-9-14(21)13-5-3-4-6-15(13)23-2/h3-8,11-12,14,21H,9-10H2,1-2H3,(H2,18,19,22). The Bertz CT molecular complexity index is 616. The van der Waals surface area contributed by atoms with Gasteiger partial charge < -0.3 is 25.0 Å². The van der Waals surface area contributed by atoms with E-state index in [0.717, 1.165) is 0 Å². The van der Waals surface area contributed by atoms with Gasteiger partial charge in [0.1, 0.15) is 5.75 Å². The fourth-order valence-electron chi connectivity index (χ4n) is 2.27. The number of hydrogen-bond donors (Lipinski definition) is 3. The highest BCUT2D eigenvalue weighted by molar-refractivity contribution is 5.74. The van der Waals surface area contributed by atoms with Gasteiger partial charge in [0, 0.05) is 37.1 Å². The molecule has 2 amide bonds. The third kappa shape index (κ3) is 5.00. The average molecular weight is 318 g/mol. The van der Waals surface area contributed by atoms with Crippen LogP contribution in [-0.4, -0.2) is 40.4 Å². The molecular weight excluding hydrogens is 296 g/mol. The molecule has 1 heterocycles. The number of para-hydroxylation sites is 1. The number of urea groups is 1. The molecule has 7 heteroatoms. The van der Waals surface area contributed by atoms with E-state index in [-0.39, 0.29) is 18.6 Å². The molecule has 0 saturated carbocycles. The Hall–Kier alpha value is -2.54. The highest BCUT2D eigenvalue weighted by Crippen LogP contribution is 2.23. The van der Waals surface area contributed by atoms with Gasteiger partial charge in [-0.3, -0.25) is 0 Å². The molecule has 7 nitrogen and oxygen atoms in total. The Morgan fingerprint density at radius 1 is 1.43 bits per heavy atom. The molecular formula is C16H22N4O3. The summed E-state index contributed by atoms with van der Waals surface area (Å²) in [5, 5.41) is 15.7. The number of carbonyl (C=O) groups is 1. The largest absolute Gasteiger partial charge is 0.496 e. The topological polar surface area (TPSA) is 88.4 Å². The minimum Gasteiger partial charge on any atom is -0.496 e. The van der Waals surface area contributed by atoms with Crippen molar-refractivity contribution in [1.29, 1.82) is 0 Å². The number of aromatic nitrogens is 2. The number of aliphatic hydroxyl groups is 1. The van der Waals surface area contributed by atoms with Crippen LogP contribution in [0.1, 0.15) is 18.6 Å². The number of nitrogens with zero attached hydrogens (tertiary/aromatic N) is 2. The molecule has 0 aliphatic carbocycles. The monoisotopic (exact) mass is 318 g/mol. The van der Waals surface area contributed by atoms with E-state index in [4.69, 9.17) is 4.74 Å². The molecule has 2 aromatic rings. The summed E-state index contributed by atoms with van der Waals surface area (Å²) in [7, 11) is 1.55. The van der Waals surface area contributed by atoms with E-state index in [1.807, 2.05) is 29.8 Å². The van der Waals surface area contributed by atoms with E-state index in [1.165, 1.54) is 0 Å². The molecule has 0 spiro atoms. The lowest BCUT2D eigenvalue weighted by Crippen LogP contribution is -2.43. The Morgan fingerprint density at radius 3 is 2.91 bits per heavy atom. The van der Waals surface area contributed by atoms with Crippen molar-refractivity contribution in [1.82, 2.24) is 20.2 Å². The maximum absolute atomic E-state index is 11.9. The smallest absolute Gasteiger partial charge is 0.315 e. The lowest BCUT2D eigenvalue weighted by molar-refractivity contribution is 0.168. The van der Waals surface area contributed by atoms with Crippen molar-refractivity contribution >= 4 is 6.03 Å². The Labute approximate surface area is 135 Å². The highest BCUT2D eigenvalue weighted by Gasteiger charge is 2.14. The zero-order valence-electron chi connectivity index (χ0n) is 13.3. The molecule has 2 unspecified atom stereocenters. The number of ether oxygens (including phenoxy) is 1. The summed E-state index contributed by atoms with van der Waals surface area (Å²) in [5.41, 5.74) is 0.641. The summed E-state index contributed by atoms with van der Waals surface area (Å²) in [6.07, 6.45) is 4.39. The van der Waals surface area contributed by atoms with Crippen LogP contribution in [0.4, 0.5) is 4.79 Å². The van der Waals surface area contributed by atoms with Crippen molar-refractivity contribution in [3.8, 4) is 5.75 Å². The number of methoxy groups -OCH3 is 1. The summed E-state index contributed by atoms with van der Waals surface area (Å²) in [6.45, 7) is 2.63. The van der Waals surface area contributed by atoms with Crippen LogP contribution in [-0.2, 0) is 6.54 Å². The highest BCUT2D eigenvalue weighted by atomic mass is 16.5. The van der Waals surface area contributed by atoms with E-state index >= 15 is 0 Å². The zero-order chi connectivity index (χ0) is 16.7. The average Bonchev–Trinajstić information content (AvgIpc) is 3.05. The molecule has 0 fully saturated rings. The molecule has 3 N–H and O–H groups in total. The number of amides is 2. The number of imidazole rings is 1. The van der Waals surface area contributed by atoms with Crippen molar-refractivity contribution < 1.29 is 14.6 Å². The number of hydrogen-bond acceptors (Lipinski definition) is 4. The van der Waals surface area contributed by atoms with Gasteiger partial charge in [0.05, 0.1) is 19.5 Å². The second-order valence-electron chi connectivity index (χ2n) is 5.27.